The molecule has 1 N–H and O–H groups in total. The summed E-state index contributed by atoms with van der Waals surface area (Å²) < 4.78 is 13.2. The molecule has 2 heterocycles. The van der Waals surface area contributed by atoms with Gasteiger partial charge in [0, 0.05) is 43.3 Å². The van der Waals surface area contributed by atoms with Crippen molar-refractivity contribution < 1.29 is 9.18 Å². The summed E-state index contributed by atoms with van der Waals surface area (Å²) in [5.41, 5.74) is 2.91. The van der Waals surface area contributed by atoms with Gasteiger partial charge in [-0.15, -0.1) is 5.10 Å². The normalized spacial score (nSPS) is 15.2. The van der Waals surface area contributed by atoms with Crippen LogP contribution in [0, 0.1) is 12.7 Å². The van der Waals surface area contributed by atoms with Crippen LogP contribution in [0.5, 0.6) is 0 Å². The molecule has 0 saturated carbocycles. The lowest BCUT2D eigenvalue weighted by molar-refractivity contribution is -0.122. The SMILES string of the molecule is Cc1c(-c2ccc(F)cc2)cnnc1N1CCN(CC(=O)NC(C)C)CC1. The van der Waals surface area contributed by atoms with Gasteiger partial charge < -0.3 is 10.2 Å². The van der Waals surface area contributed by atoms with E-state index in [1.165, 1.54) is 12.1 Å². The average molecular weight is 371 g/mol. The minimum absolute atomic E-state index is 0.0627. The van der Waals surface area contributed by atoms with Crippen molar-refractivity contribution in [3.8, 4) is 11.1 Å². The molecule has 27 heavy (non-hydrogen) atoms. The highest BCUT2D eigenvalue weighted by Gasteiger charge is 2.22. The van der Waals surface area contributed by atoms with Crippen molar-refractivity contribution in [1.82, 2.24) is 20.4 Å². The van der Waals surface area contributed by atoms with Gasteiger partial charge >= 0.3 is 0 Å². The van der Waals surface area contributed by atoms with Crippen LogP contribution in [0.15, 0.2) is 30.5 Å². The number of carbonyl (C=O) groups excluding carboxylic acids is 1. The Morgan fingerprint density at radius 3 is 2.48 bits per heavy atom. The summed E-state index contributed by atoms with van der Waals surface area (Å²) in [4.78, 5) is 16.3. The molecule has 1 aliphatic heterocycles. The second kappa shape index (κ2) is 8.43. The van der Waals surface area contributed by atoms with E-state index in [-0.39, 0.29) is 17.8 Å². The molecule has 0 bridgehead atoms. The first-order chi connectivity index (χ1) is 12.9. The van der Waals surface area contributed by atoms with Crippen LogP contribution in [0.25, 0.3) is 11.1 Å². The number of hydrogen-bond donors (Lipinski definition) is 1. The summed E-state index contributed by atoms with van der Waals surface area (Å²) in [6.07, 6.45) is 1.72. The van der Waals surface area contributed by atoms with Crippen molar-refractivity contribution in [2.45, 2.75) is 26.8 Å². The highest BCUT2D eigenvalue weighted by Crippen LogP contribution is 2.28. The van der Waals surface area contributed by atoms with Crippen LogP contribution in [0.1, 0.15) is 19.4 Å². The van der Waals surface area contributed by atoms with E-state index in [1.807, 2.05) is 20.8 Å². The van der Waals surface area contributed by atoms with E-state index in [1.54, 1.807) is 18.3 Å². The fourth-order valence-corrected chi connectivity index (χ4v) is 3.34. The van der Waals surface area contributed by atoms with Crippen LogP contribution in [-0.4, -0.2) is 59.8 Å². The fraction of sp³-hybridized carbons (Fsp3) is 0.450. The number of piperazine rings is 1. The maximum absolute atomic E-state index is 13.2. The summed E-state index contributed by atoms with van der Waals surface area (Å²) in [5.74, 6) is 0.659. The van der Waals surface area contributed by atoms with Gasteiger partial charge in [-0.25, -0.2) is 4.39 Å². The van der Waals surface area contributed by atoms with Gasteiger partial charge in [-0.1, -0.05) is 12.1 Å². The van der Waals surface area contributed by atoms with E-state index in [4.69, 9.17) is 0 Å². The third-order valence-electron chi connectivity index (χ3n) is 4.72. The number of hydrogen-bond acceptors (Lipinski definition) is 5. The number of amides is 1. The molecule has 1 fully saturated rings. The number of benzene rings is 1. The summed E-state index contributed by atoms with van der Waals surface area (Å²) in [6, 6.07) is 6.58. The minimum atomic E-state index is -0.253. The highest BCUT2D eigenvalue weighted by atomic mass is 19.1. The molecule has 0 radical (unpaired) electrons. The Labute approximate surface area is 159 Å². The smallest absolute Gasteiger partial charge is 0.234 e. The topological polar surface area (TPSA) is 61.4 Å². The molecule has 1 aromatic heterocycles. The van der Waals surface area contributed by atoms with Crippen molar-refractivity contribution >= 4 is 11.7 Å². The van der Waals surface area contributed by atoms with Gasteiger partial charge in [0.15, 0.2) is 5.82 Å². The number of nitrogens with zero attached hydrogens (tertiary/aromatic N) is 4. The Hall–Kier alpha value is -2.54. The molecule has 0 unspecified atom stereocenters. The standard InChI is InChI=1S/C20H26FN5O/c1-14(2)23-19(27)13-25-8-10-26(11-9-25)20-15(3)18(12-22-24-20)16-4-6-17(21)7-5-16/h4-7,12,14H,8-11,13H2,1-3H3,(H,23,27). The number of carbonyl (C=O) groups is 1. The number of aromatic nitrogens is 2. The number of anilines is 1. The van der Waals surface area contributed by atoms with Crippen LogP contribution >= 0.6 is 0 Å². The molecule has 1 amide bonds. The Bertz CT molecular complexity index is 785. The van der Waals surface area contributed by atoms with Gasteiger partial charge in [-0.3, -0.25) is 9.69 Å². The summed E-state index contributed by atoms with van der Waals surface area (Å²) in [5, 5.41) is 11.4. The van der Waals surface area contributed by atoms with Crippen molar-refractivity contribution in [1.29, 1.82) is 0 Å². The summed E-state index contributed by atoms with van der Waals surface area (Å²) >= 11 is 0. The van der Waals surface area contributed by atoms with Crippen molar-refractivity contribution in [2.24, 2.45) is 0 Å². The zero-order valence-electron chi connectivity index (χ0n) is 16.1. The third kappa shape index (κ3) is 4.80. The van der Waals surface area contributed by atoms with E-state index in [0.29, 0.717) is 6.54 Å². The quantitative estimate of drug-likeness (QED) is 0.873. The first-order valence-corrected chi connectivity index (χ1v) is 9.29. The molecule has 7 heteroatoms. The van der Waals surface area contributed by atoms with E-state index in [2.05, 4.69) is 25.3 Å². The van der Waals surface area contributed by atoms with Crippen LogP contribution in [0.2, 0.25) is 0 Å². The molecule has 6 nitrogen and oxygen atoms in total. The van der Waals surface area contributed by atoms with Gasteiger partial charge in [0.05, 0.1) is 12.7 Å². The lowest BCUT2D eigenvalue weighted by atomic mass is 10.0. The Morgan fingerprint density at radius 2 is 1.85 bits per heavy atom. The Kier molecular flexibility index (Phi) is 6.01. The molecule has 1 aliphatic rings. The number of nitrogens with one attached hydrogen (secondary N) is 1. The van der Waals surface area contributed by atoms with E-state index >= 15 is 0 Å². The van der Waals surface area contributed by atoms with E-state index < -0.39 is 0 Å². The summed E-state index contributed by atoms with van der Waals surface area (Å²) in [7, 11) is 0. The molecule has 0 aliphatic carbocycles. The number of rotatable bonds is 5. The molecule has 0 spiro atoms. The first-order valence-electron chi connectivity index (χ1n) is 9.29. The molecular formula is C20H26FN5O. The van der Waals surface area contributed by atoms with Gasteiger partial charge in [0.25, 0.3) is 0 Å². The first kappa shape index (κ1) is 19.2. The Morgan fingerprint density at radius 1 is 1.19 bits per heavy atom. The van der Waals surface area contributed by atoms with Crippen molar-refractivity contribution in [3.63, 3.8) is 0 Å². The van der Waals surface area contributed by atoms with Crippen molar-refractivity contribution in [3.05, 3.63) is 41.8 Å². The zero-order valence-corrected chi connectivity index (χ0v) is 16.1. The lowest BCUT2D eigenvalue weighted by Crippen LogP contribution is -2.50. The van der Waals surface area contributed by atoms with Crippen LogP contribution in [-0.2, 0) is 4.79 Å². The monoisotopic (exact) mass is 371 g/mol. The molecule has 1 saturated heterocycles. The average Bonchev–Trinajstić information content (AvgIpc) is 2.63. The predicted octanol–water partition coefficient (Wildman–Crippen LogP) is 2.24. The molecule has 2 aromatic rings. The molecule has 144 valence electrons. The molecule has 3 rings (SSSR count). The van der Waals surface area contributed by atoms with Crippen LogP contribution < -0.4 is 10.2 Å². The predicted molar refractivity (Wildman–Crippen MR) is 104 cm³/mol. The van der Waals surface area contributed by atoms with E-state index in [0.717, 1.165) is 48.7 Å². The van der Waals surface area contributed by atoms with Crippen molar-refractivity contribution in [2.75, 3.05) is 37.6 Å². The van der Waals surface area contributed by atoms with Crippen LogP contribution in [0.4, 0.5) is 10.2 Å². The minimum Gasteiger partial charge on any atom is -0.353 e. The maximum Gasteiger partial charge on any atom is 0.234 e. The third-order valence-corrected chi connectivity index (χ3v) is 4.72. The van der Waals surface area contributed by atoms with Gasteiger partial charge in [-0.2, -0.15) is 5.10 Å². The largest absolute Gasteiger partial charge is 0.353 e. The summed E-state index contributed by atoms with van der Waals surface area (Å²) in [6.45, 7) is 9.55. The van der Waals surface area contributed by atoms with Crippen LogP contribution in [0.3, 0.4) is 0 Å². The fourth-order valence-electron chi connectivity index (χ4n) is 3.34. The molecular weight excluding hydrogens is 345 g/mol. The maximum atomic E-state index is 13.2. The van der Waals surface area contributed by atoms with E-state index in [9.17, 15) is 9.18 Å². The second-order valence-electron chi connectivity index (χ2n) is 7.20. The van der Waals surface area contributed by atoms with Gasteiger partial charge in [0.2, 0.25) is 5.91 Å². The molecule has 0 atom stereocenters. The van der Waals surface area contributed by atoms with Gasteiger partial charge in [-0.05, 0) is 38.5 Å². The zero-order chi connectivity index (χ0) is 19.4. The molecule has 1 aromatic carbocycles. The second-order valence-corrected chi connectivity index (χ2v) is 7.20. The Balaban J connectivity index is 1.67. The number of halogens is 1. The van der Waals surface area contributed by atoms with Gasteiger partial charge in [0.1, 0.15) is 5.82 Å². The lowest BCUT2D eigenvalue weighted by Gasteiger charge is -2.35. The highest BCUT2D eigenvalue weighted by molar-refractivity contribution is 5.78.